The van der Waals surface area contributed by atoms with Crippen LogP contribution in [0.1, 0.15) is 30.1 Å². The Bertz CT molecular complexity index is 489. The number of carbonyl (C=O) groups excluding carboxylic acids is 1. The Morgan fingerprint density at radius 1 is 1.52 bits per heavy atom. The molecule has 0 aliphatic heterocycles. The third-order valence-corrected chi connectivity index (χ3v) is 3.37. The maximum absolute atomic E-state index is 12.0. The van der Waals surface area contributed by atoms with Crippen molar-refractivity contribution in [2.24, 2.45) is 5.92 Å². The lowest BCUT2D eigenvalue weighted by atomic mass is 10.2. The highest BCUT2D eigenvalue weighted by molar-refractivity contribution is 5.95. The van der Waals surface area contributed by atoms with E-state index >= 15 is 0 Å². The molecule has 116 valence electrons. The Labute approximate surface area is 125 Å². The molecule has 1 aromatic rings. The first-order chi connectivity index (χ1) is 10.1. The second-order valence-electron chi connectivity index (χ2n) is 5.30. The van der Waals surface area contributed by atoms with Crippen LogP contribution in [0.3, 0.4) is 0 Å². The smallest absolute Gasteiger partial charge is 0.341 e. The second kappa shape index (κ2) is 7.26. The molecule has 0 aromatic carbocycles. The minimum absolute atomic E-state index is 0.321. The van der Waals surface area contributed by atoms with Crippen molar-refractivity contribution < 1.29 is 14.3 Å². The van der Waals surface area contributed by atoms with E-state index in [1.807, 2.05) is 11.9 Å². The molecule has 1 saturated carbocycles. The van der Waals surface area contributed by atoms with Gasteiger partial charge >= 0.3 is 5.97 Å². The van der Waals surface area contributed by atoms with Crippen LogP contribution in [-0.4, -0.2) is 44.4 Å². The molecular formula is C15H23N3O3. The van der Waals surface area contributed by atoms with Crippen molar-refractivity contribution in [1.82, 2.24) is 4.98 Å². The van der Waals surface area contributed by atoms with E-state index in [0.717, 1.165) is 12.5 Å². The first kappa shape index (κ1) is 15.6. The average Bonchev–Trinajstić information content (AvgIpc) is 3.27. The van der Waals surface area contributed by atoms with Gasteiger partial charge in [-0.1, -0.05) is 0 Å². The van der Waals surface area contributed by atoms with Crippen molar-refractivity contribution in [2.45, 2.75) is 19.8 Å². The van der Waals surface area contributed by atoms with Crippen molar-refractivity contribution in [3.05, 3.63) is 17.8 Å². The Balaban J connectivity index is 1.96. The Kier molecular flexibility index (Phi) is 5.38. The molecule has 0 radical (unpaired) electrons. The van der Waals surface area contributed by atoms with E-state index in [1.54, 1.807) is 19.2 Å². The summed E-state index contributed by atoms with van der Waals surface area (Å²) in [6.07, 6.45) is 4.10. The van der Waals surface area contributed by atoms with Gasteiger partial charge in [0.2, 0.25) is 0 Å². The molecule has 2 rings (SSSR count). The summed E-state index contributed by atoms with van der Waals surface area (Å²) in [7, 11) is 1.88. The Morgan fingerprint density at radius 2 is 2.29 bits per heavy atom. The molecule has 0 unspecified atom stereocenters. The van der Waals surface area contributed by atoms with Crippen LogP contribution < -0.4 is 10.6 Å². The van der Waals surface area contributed by atoms with Crippen molar-refractivity contribution in [3.8, 4) is 0 Å². The Morgan fingerprint density at radius 3 is 2.95 bits per heavy atom. The first-order valence-corrected chi connectivity index (χ1v) is 7.33. The number of esters is 1. The predicted molar refractivity (Wildman–Crippen MR) is 81.4 cm³/mol. The fourth-order valence-electron chi connectivity index (χ4n) is 1.98. The van der Waals surface area contributed by atoms with Gasteiger partial charge in [-0.3, -0.25) is 0 Å². The molecular weight excluding hydrogens is 270 g/mol. The van der Waals surface area contributed by atoms with Crippen LogP contribution in [0.25, 0.3) is 0 Å². The largest absolute Gasteiger partial charge is 0.462 e. The number of nitrogens with zero attached hydrogens (tertiary/aromatic N) is 2. The van der Waals surface area contributed by atoms with Gasteiger partial charge in [0.15, 0.2) is 0 Å². The van der Waals surface area contributed by atoms with E-state index in [0.29, 0.717) is 36.8 Å². The third kappa shape index (κ3) is 4.60. The van der Waals surface area contributed by atoms with Crippen LogP contribution in [0.5, 0.6) is 0 Å². The van der Waals surface area contributed by atoms with Gasteiger partial charge in [-0.25, -0.2) is 9.78 Å². The molecule has 0 atom stereocenters. The van der Waals surface area contributed by atoms with E-state index in [2.05, 4.69) is 4.98 Å². The number of nitrogen functional groups attached to an aromatic ring is 1. The molecule has 2 N–H and O–H groups in total. The number of ether oxygens (including phenoxy) is 2. The number of likely N-dealkylation sites (N-methyl/N-ethyl adjacent to an activating group) is 1. The highest BCUT2D eigenvalue weighted by Gasteiger charge is 2.21. The lowest BCUT2D eigenvalue weighted by Crippen LogP contribution is -2.26. The summed E-state index contributed by atoms with van der Waals surface area (Å²) in [6.45, 7) is 4.19. The van der Waals surface area contributed by atoms with Crippen LogP contribution in [0.2, 0.25) is 0 Å². The zero-order valence-electron chi connectivity index (χ0n) is 12.7. The van der Waals surface area contributed by atoms with Gasteiger partial charge in [-0.2, -0.15) is 0 Å². The van der Waals surface area contributed by atoms with Crippen molar-refractivity contribution in [2.75, 3.05) is 44.0 Å². The average molecular weight is 293 g/mol. The van der Waals surface area contributed by atoms with Crippen LogP contribution in [-0.2, 0) is 9.47 Å². The lowest BCUT2D eigenvalue weighted by molar-refractivity contribution is 0.0526. The van der Waals surface area contributed by atoms with E-state index in [4.69, 9.17) is 15.2 Å². The monoisotopic (exact) mass is 293 g/mol. The fraction of sp³-hybridized carbons (Fsp3) is 0.600. The summed E-state index contributed by atoms with van der Waals surface area (Å²) in [4.78, 5) is 18.1. The third-order valence-electron chi connectivity index (χ3n) is 3.37. The summed E-state index contributed by atoms with van der Waals surface area (Å²) in [5.41, 5.74) is 6.54. The minimum atomic E-state index is -0.405. The summed E-state index contributed by atoms with van der Waals surface area (Å²) in [5, 5.41) is 0. The van der Waals surface area contributed by atoms with E-state index in [9.17, 15) is 4.79 Å². The van der Waals surface area contributed by atoms with Crippen LogP contribution in [0.15, 0.2) is 12.3 Å². The van der Waals surface area contributed by atoms with Gasteiger partial charge in [0.1, 0.15) is 11.4 Å². The first-order valence-electron chi connectivity index (χ1n) is 7.33. The zero-order valence-corrected chi connectivity index (χ0v) is 12.7. The highest BCUT2D eigenvalue weighted by Crippen LogP contribution is 2.28. The minimum Gasteiger partial charge on any atom is -0.462 e. The SMILES string of the molecule is CCOC(=O)c1cc(N)cnc1N(C)CCOCC1CC1. The van der Waals surface area contributed by atoms with Crippen LogP contribution in [0.4, 0.5) is 11.5 Å². The molecule has 6 nitrogen and oxygen atoms in total. The second-order valence-corrected chi connectivity index (χ2v) is 5.30. The molecule has 1 aromatic heterocycles. The van der Waals surface area contributed by atoms with Crippen LogP contribution in [0, 0.1) is 5.92 Å². The normalized spacial score (nSPS) is 14.0. The van der Waals surface area contributed by atoms with E-state index < -0.39 is 5.97 Å². The quantitative estimate of drug-likeness (QED) is 0.580. The van der Waals surface area contributed by atoms with Crippen molar-refractivity contribution >= 4 is 17.5 Å². The van der Waals surface area contributed by atoms with Crippen LogP contribution >= 0.6 is 0 Å². The molecule has 1 aliphatic rings. The number of anilines is 2. The van der Waals surface area contributed by atoms with Gasteiger partial charge in [-0.05, 0) is 31.7 Å². The molecule has 0 spiro atoms. The van der Waals surface area contributed by atoms with Crippen molar-refractivity contribution in [1.29, 1.82) is 0 Å². The van der Waals surface area contributed by atoms with E-state index in [1.165, 1.54) is 12.8 Å². The van der Waals surface area contributed by atoms with Gasteiger partial charge < -0.3 is 20.1 Å². The molecule has 6 heteroatoms. The summed E-state index contributed by atoms with van der Waals surface area (Å²) < 4.78 is 10.7. The van der Waals surface area contributed by atoms with E-state index in [-0.39, 0.29) is 0 Å². The number of carbonyl (C=O) groups is 1. The molecule has 0 saturated heterocycles. The Hall–Kier alpha value is -1.82. The number of aromatic nitrogens is 1. The summed E-state index contributed by atoms with van der Waals surface area (Å²) in [5.74, 6) is 0.913. The lowest BCUT2D eigenvalue weighted by Gasteiger charge is -2.20. The summed E-state index contributed by atoms with van der Waals surface area (Å²) >= 11 is 0. The molecule has 1 heterocycles. The molecule has 1 aliphatic carbocycles. The van der Waals surface area contributed by atoms with Crippen molar-refractivity contribution in [3.63, 3.8) is 0 Å². The predicted octanol–water partition coefficient (Wildman–Crippen LogP) is 1.70. The highest BCUT2D eigenvalue weighted by atomic mass is 16.5. The molecule has 1 fully saturated rings. The number of nitrogens with two attached hydrogens (primary N) is 1. The maximum Gasteiger partial charge on any atom is 0.341 e. The summed E-state index contributed by atoms with van der Waals surface area (Å²) in [6, 6.07) is 1.60. The molecule has 21 heavy (non-hydrogen) atoms. The number of pyridine rings is 1. The topological polar surface area (TPSA) is 77.7 Å². The maximum atomic E-state index is 12.0. The van der Waals surface area contributed by atoms with Gasteiger partial charge in [0.05, 0.1) is 25.1 Å². The molecule has 0 amide bonds. The number of hydrogen-bond donors (Lipinski definition) is 1. The molecule has 0 bridgehead atoms. The standard InChI is InChI=1S/C15H23N3O3/c1-3-21-15(19)13-8-12(16)9-17-14(13)18(2)6-7-20-10-11-4-5-11/h8-9,11H,3-7,10,16H2,1-2H3. The van der Waals surface area contributed by atoms with Gasteiger partial charge in [0.25, 0.3) is 0 Å². The zero-order chi connectivity index (χ0) is 15.2. The number of hydrogen-bond acceptors (Lipinski definition) is 6. The van der Waals surface area contributed by atoms with Gasteiger partial charge in [-0.15, -0.1) is 0 Å². The number of rotatable bonds is 8. The fourth-order valence-corrected chi connectivity index (χ4v) is 1.98. The van der Waals surface area contributed by atoms with Gasteiger partial charge in [0, 0.05) is 20.2 Å².